The summed E-state index contributed by atoms with van der Waals surface area (Å²) in [6.45, 7) is 14.0. The zero-order chi connectivity index (χ0) is 25.6. The lowest BCUT2D eigenvalue weighted by atomic mass is 9.37. The standard InChI is InChI=1S/C27H36O7/c1-9-14(3)24(30)32-13-26(7)19(33-17(6)28)12-20(34-25(31)15(4)10-2)27(8)21-16(5)11-18(29)22(27)23(21)26/h9-11,19-23H,12-13H2,1-8H3. The van der Waals surface area contributed by atoms with Crippen LogP contribution < -0.4 is 0 Å². The average molecular weight is 473 g/mol. The fourth-order valence-corrected chi connectivity index (χ4v) is 6.34. The molecular formula is C27H36O7. The van der Waals surface area contributed by atoms with E-state index in [1.165, 1.54) is 6.92 Å². The van der Waals surface area contributed by atoms with Crippen LogP contribution in [0.1, 0.15) is 61.8 Å². The summed E-state index contributed by atoms with van der Waals surface area (Å²) in [5, 5.41) is 0. The molecule has 0 aromatic heterocycles. The van der Waals surface area contributed by atoms with Crippen LogP contribution in [0, 0.1) is 28.6 Å². The molecule has 3 rings (SSSR count). The van der Waals surface area contributed by atoms with Crippen LogP contribution in [0.3, 0.4) is 0 Å². The van der Waals surface area contributed by atoms with Crippen LogP contribution in [0.4, 0.5) is 0 Å². The van der Waals surface area contributed by atoms with Gasteiger partial charge in [0.15, 0.2) is 5.78 Å². The number of hydrogen-bond donors (Lipinski definition) is 0. The van der Waals surface area contributed by atoms with Gasteiger partial charge in [-0.3, -0.25) is 9.59 Å². The van der Waals surface area contributed by atoms with Gasteiger partial charge in [-0.05, 0) is 52.5 Å². The van der Waals surface area contributed by atoms with Crippen LogP contribution in [0.15, 0.2) is 34.9 Å². The van der Waals surface area contributed by atoms with Crippen molar-refractivity contribution >= 4 is 23.7 Å². The molecule has 0 amide bonds. The first-order valence-electron chi connectivity index (χ1n) is 11.9. The Labute approximate surface area is 201 Å². The number of carbonyl (C=O) groups excluding carboxylic acids is 4. The van der Waals surface area contributed by atoms with E-state index >= 15 is 0 Å². The summed E-state index contributed by atoms with van der Waals surface area (Å²) in [5.74, 6) is -2.14. The van der Waals surface area contributed by atoms with Gasteiger partial charge in [-0.2, -0.15) is 0 Å². The summed E-state index contributed by atoms with van der Waals surface area (Å²) < 4.78 is 17.5. The van der Waals surface area contributed by atoms with Crippen molar-refractivity contribution < 1.29 is 33.4 Å². The largest absolute Gasteiger partial charge is 0.462 e. The van der Waals surface area contributed by atoms with E-state index in [9.17, 15) is 19.2 Å². The van der Waals surface area contributed by atoms with Crippen molar-refractivity contribution in [3.05, 3.63) is 34.9 Å². The summed E-state index contributed by atoms with van der Waals surface area (Å²) in [6, 6.07) is 0. The Morgan fingerprint density at radius 3 is 2.09 bits per heavy atom. The van der Waals surface area contributed by atoms with E-state index in [0.29, 0.717) is 11.1 Å². The molecule has 0 radical (unpaired) electrons. The van der Waals surface area contributed by atoms with Crippen molar-refractivity contribution in [2.45, 2.75) is 74.0 Å². The Balaban J connectivity index is 2.10. The molecule has 2 saturated carbocycles. The highest BCUT2D eigenvalue weighted by Crippen LogP contribution is 2.72. The van der Waals surface area contributed by atoms with Crippen LogP contribution in [-0.2, 0) is 33.4 Å². The fourth-order valence-electron chi connectivity index (χ4n) is 6.34. The van der Waals surface area contributed by atoms with Crippen molar-refractivity contribution in [1.82, 2.24) is 0 Å². The first-order chi connectivity index (χ1) is 15.8. The van der Waals surface area contributed by atoms with Crippen molar-refractivity contribution in [1.29, 1.82) is 0 Å². The van der Waals surface area contributed by atoms with E-state index in [0.717, 1.165) is 5.57 Å². The van der Waals surface area contributed by atoms with Gasteiger partial charge in [0.25, 0.3) is 0 Å². The van der Waals surface area contributed by atoms with Crippen molar-refractivity contribution in [3.63, 3.8) is 0 Å². The highest BCUT2D eigenvalue weighted by Gasteiger charge is 2.75. The van der Waals surface area contributed by atoms with Gasteiger partial charge in [-0.1, -0.05) is 31.6 Å². The normalized spacial score (nSPS) is 37.1. The summed E-state index contributed by atoms with van der Waals surface area (Å²) >= 11 is 0. The second kappa shape index (κ2) is 9.16. The first-order valence-corrected chi connectivity index (χ1v) is 11.9. The van der Waals surface area contributed by atoms with Gasteiger partial charge < -0.3 is 14.2 Å². The molecular weight excluding hydrogens is 436 g/mol. The lowest BCUT2D eigenvalue weighted by molar-refractivity contribution is -0.210. The van der Waals surface area contributed by atoms with E-state index in [2.05, 4.69) is 0 Å². The number of fused-ring (bicyclic) bond motifs is 1. The third-order valence-electron chi connectivity index (χ3n) is 8.43. The quantitative estimate of drug-likeness (QED) is 0.326. The molecule has 7 nitrogen and oxygen atoms in total. The number of ketones is 1. The molecule has 0 aliphatic heterocycles. The smallest absolute Gasteiger partial charge is 0.333 e. The van der Waals surface area contributed by atoms with Gasteiger partial charge in [0.05, 0.1) is 0 Å². The topological polar surface area (TPSA) is 96.0 Å². The molecule has 7 unspecified atom stereocenters. The molecule has 0 N–H and O–H groups in total. The molecule has 7 heteroatoms. The molecule has 3 aliphatic rings. The van der Waals surface area contributed by atoms with Gasteiger partial charge in [0.2, 0.25) is 0 Å². The molecule has 0 spiro atoms. The maximum absolute atomic E-state index is 13.3. The number of hydrogen-bond acceptors (Lipinski definition) is 7. The molecule has 34 heavy (non-hydrogen) atoms. The predicted octanol–water partition coefficient (Wildman–Crippen LogP) is 4.11. The molecule has 3 aliphatic carbocycles. The predicted molar refractivity (Wildman–Crippen MR) is 125 cm³/mol. The number of esters is 3. The monoisotopic (exact) mass is 472 g/mol. The van der Waals surface area contributed by atoms with Gasteiger partial charge in [-0.25, -0.2) is 9.59 Å². The van der Waals surface area contributed by atoms with E-state index in [1.54, 1.807) is 45.9 Å². The maximum Gasteiger partial charge on any atom is 0.333 e. The number of allylic oxidation sites excluding steroid dienone is 4. The second-order valence-electron chi connectivity index (χ2n) is 10.4. The average Bonchev–Trinajstić information content (AvgIpc) is 2.89. The highest BCUT2D eigenvalue weighted by molar-refractivity contribution is 5.97. The fraction of sp³-hybridized carbons (Fsp3) is 0.630. The third-order valence-corrected chi connectivity index (χ3v) is 8.43. The summed E-state index contributed by atoms with van der Waals surface area (Å²) in [5.41, 5.74) is 0.376. The van der Waals surface area contributed by atoms with Crippen molar-refractivity contribution in [2.24, 2.45) is 28.6 Å². The van der Waals surface area contributed by atoms with E-state index in [1.807, 2.05) is 20.8 Å². The first kappa shape index (κ1) is 25.9. The number of rotatable bonds is 6. The summed E-state index contributed by atoms with van der Waals surface area (Å²) in [6.07, 6.45) is 3.90. The summed E-state index contributed by atoms with van der Waals surface area (Å²) in [7, 11) is 0. The molecule has 7 atom stereocenters. The zero-order valence-electron chi connectivity index (χ0n) is 21.4. The summed E-state index contributed by atoms with van der Waals surface area (Å²) in [4.78, 5) is 50.7. The number of carbonyl (C=O) groups is 4. The molecule has 4 bridgehead atoms. The van der Waals surface area contributed by atoms with Crippen LogP contribution in [0.2, 0.25) is 0 Å². The van der Waals surface area contributed by atoms with Crippen LogP contribution in [0.5, 0.6) is 0 Å². The lowest BCUT2D eigenvalue weighted by Gasteiger charge is -2.65. The number of ether oxygens (including phenoxy) is 3. The molecule has 2 fully saturated rings. The Bertz CT molecular complexity index is 1000. The second-order valence-corrected chi connectivity index (χ2v) is 10.4. The van der Waals surface area contributed by atoms with Crippen LogP contribution in [0.25, 0.3) is 0 Å². The van der Waals surface area contributed by atoms with E-state index in [4.69, 9.17) is 14.2 Å². The van der Waals surface area contributed by atoms with Gasteiger partial charge in [0, 0.05) is 41.2 Å². The van der Waals surface area contributed by atoms with Gasteiger partial charge in [-0.15, -0.1) is 0 Å². The van der Waals surface area contributed by atoms with Gasteiger partial charge in [0.1, 0.15) is 18.8 Å². The third kappa shape index (κ3) is 3.93. The van der Waals surface area contributed by atoms with E-state index < -0.39 is 46.9 Å². The lowest BCUT2D eigenvalue weighted by Crippen LogP contribution is -2.68. The minimum atomic E-state index is -0.841. The Kier molecular flexibility index (Phi) is 6.98. The maximum atomic E-state index is 13.3. The van der Waals surface area contributed by atoms with Crippen molar-refractivity contribution in [3.8, 4) is 0 Å². The Morgan fingerprint density at radius 2 is 1.56 bits per heavy atom. The minimum absolute atomic E-state index is 0.0160. The van der Waals surface area contributed by atoms with Gasteiger partial charge >= 0.3 is 17.9 Å². The SMILES string of the molecule is CC=C(C)C(=O)OCC1(C)C(OC(C)=O)CC(OC(=O)C(C)=CC)C2(C)C3C(=O)C=C(C)C2C31. The minimum Gasteiger partial charge on any atom is -0.462 e. The van der Waals surface area contributed by atoms with Crippen molar-refractivity contribution in [2.75, 3.05) is 6.61 Å². The molecule has 0 saturated heterocycles. The van der Waals surface area contributed by atoms with Crippen LogP contribution in [-0.4, -0.2) is 42.5 Å². The zero-order valence-corrected chi connectivity index (χ0v) is 21.4. The van der Waals surface area contributed by atoms with E-state index in [-0.39, 0.29) is 30.6 Å². The highest BCUT2D eigenvalue weighted by atomic mass is 16.6. The Morgan fingerprint density at radius 1 is 0.971 bits per heavy atom. The molecule has 0 aromatic rings. The Hall–Kier alpha value is -2.70. The molecule has 0 heterocycles. The molecule has 186 valence electrons. The van der Waals surface area contributed by atoms with Crippen LogP contribution >= 0.6 is 0 Å². The molecule has 0 aromatic carbocycles.